The van der Waals surface area contributed by atoms with Crippen molar-refractivity contribution >= 4 is 44.0 Å². The summed E-state index contributed by atoms with van der Waals surface area (Å²) in [5.41, 5.74) is 3.39. The van der Waals surface area contributed by atoms with Crippen LogP contribution in [0.1, 0.15) is 23.1 Å². The predicted molar refractivity (Wildman–Crippen MR) is 98.6 cm³/mol. The number of carbonyl (C=O) groups is 1. The maximum absolute atomic E-state index is 12.2. The highest BCUT2D eigenvalue weighted by molar-refractivity contribution is 7.93. The van der Waals surface area contributed by atoms with Crippen molar-refractivity contribution in [2.45, 2.75) is 24.0 Å². The minimum Gasteiger partial charge on any atom is -0.308 e. The minimum absolute atomic E-state index is 0.305. The number of amides is 2. The summed E-state index contributed by atoms with van der Waals surface area (Å²) in [5.74, 6) is 0. The Balaban J connectivity index is 1.85. The Morgan fingerprint density at radius 3 is 2.54 bits per heavy atom. The first kappa shape index (κ1) is 16.7. The summed E-state index contributed by atoms with van der Waals surface area (Å²) < 4.78 is 24.3. The number of allylic oxidation sites excluding steroid dienone is 1. The van der Waals surface area contributed by atoms with Crippen molar-refractivity contribution in [2.24, 2.45) is 0 Å². The van der Waals surface area contributed by atoms with E-state index in [0.29, 0.717) is 20.5 Å². The van der Waals surface area contributed by atoms with E-state index in [2.05, 4.69) is 10.6 Å². The normalized spacial score (nSPS) is 13.4. The lowest BCUT2D eigenvalue weighted by atomic mass is 10.0. The van der Waals surface area contributed by atoms with Crippen LogP contribution in [-0.2, 0) is 16.3 Å². The highest BCUT2D eigenvalue weighted by Crippen LogP contribution is 2.40. The third kappa shape index (κ3) is 3.52. The van der Waals surface area contributed by atoms with Crippen LogP contribution in [0.3, 0.4) is 0 Å². The average Bonchev–Trinajstić information content (AvgIpc) is 2.89. The second-order valence-electron chi connectivity index (χ2n) is 5.77. The summed E-state index contributed by atoms with van der Waals surface area (Å²) in [6.45, 7) is 1.97. The van der Waals surface area contributed by atoms with Gasteiger partial charge in [0, 0.05) is 17.5 Å². The number of hydrogen-bond acceptors (Lipinski definition) is 4. The molecule has 2 amide bonds. The molecule has 0 unspecified atom stereocenters. The first-order valence-corrected chi connectivity index (χ1v) is 10.2. The number of urea groups is 1. The third-order valence-electron chi connectivity index (χ3n) is 3.73. The van der Waals surface area contributed by atoms with Crippen LogP contribution in [0.25, 0.3) is 6.08 Å². The Kier molecular flexibility index (Phi) is 4.47. The van der Waals surface area contributed by atoms with Crippen molar-refractivity contribution < 1.29 is 13.2 Å². The molecule has 1 aromatic heterocycles. The lowest BCUT2D eigenvalue weighted by molar-refractivity contribution is 0.262. The summed E-state index contributed by atoms with van der Waals surface area (Å²) in [7, 11) is -3.33. The summed E-state index contributed by atoms with van der Waals surface area (Å²) in [6.07, 6.45) is 6.53. The Labute approximate surface area is 145 Å². The van der Waals surface area contributed by atoms with E-state index in [1.165, 1.54) is 6.26 Å². The molecule has 0 bridgehead atoms. The fraction of sp³-hybridized carbons (Fsp3) is 0.235. The number of aryl methyl sites for hydroxylation is 1. The highest BCUT2D eigenvalue weighted by Gasteiger charge is 2.24. The minimum atomic E-state index is -3.33. The largest absolute Gasteiger partial charge is 0.324 e. The number of thiophene rings is 1. The molecule has 3 rings (SSSR count). The van der Waals surface area contributed by atoms with Crippen molar-refractivity contribution in [2.75, 3.05) is 16.9 Å². The molecule has 1 aromatic carbocycles. The molecule has 0 fully saturated rings. The van der Waals surface area contributed by atoms with E-state index >= 15 is 0 Å². The zero-order valence-electron chi connectivity index (χ0n) is 13.4. The van der Waals surface area contributed by atoms with Crippen molar-refractivity contribution in [1.82, 2.24) is 0 Å². The van der Waals surface area contributed by atoms with Gasteiger partial charge < -0.3 is 5.32 Å². The van der Waals surface area contributed by atoms with Gasteiger partial charge in [0.2, 0.25) is 0 Å². The van der Waals surface area contributed by atoms with Crippen LogP contribution in [-0.4, -0.2) is 20.7 Å². The van der Waals surface area contributed by atoms with Crippen LogP contribution in [0.2, 0.25) is 0 Å². The Morgan fingerprint density at radius 1 is 1.17 bits per heavy atom. The van der Waals surface area contributed by atoms with E-state index in [-0.39, 0.29) is 6.03 Å². The van der Waals surface area contributed by atoms with Crippen LogP contribution >= 0.6 is 11.3 Å². The molecule has 5 nitrogen and oxygen atoms in total. The number of nitrogens with one attached hydrogen (secondary N) is 2. The Morgan fingerprint density at radius 2 is 1.88 bits per heavy atom. The molecule has 0 aliphatic heterocycles. The molecular formula is C17H18N2O3S2. The van der Waals surface area contributed by atoms with Crippen molar-refractivity contribution in [1.29, 1.82) is 0 Å². The number of sulfone groups is 1. The topological polar surface area (TPSA) is 75.3 Å². The van der Waals surface area contributed by atoms with E-state index in [9.17, 15) is 13.2 Å². The van der Waals surface area contributed by atoms with Gasteiger partial charge in [0.25, 0.3) is 0 Å². The molecule has 0 radical (unpaired) electrons. The number of fused-ring (bicyclic) bond motifs is 1. The van der Waals surface area contributed by atoms with Gasteiger partial charge in [-0.05, 0) is 37.5 Å². The van der Waals surface area contributed by atoms with Gasteiger partial charge in [-0.15, -0.1) is 11.3 Å². The lowest BCUT2D eigenvalue weighted by Crippen LogP contribution is -2.19. The lowest BCUT2D eigenvalue weighted by Gasteiger charge is -2.10. The number of benzene rings is 1. The van der Waals surface area contributed by atoms with E-state index < -0.39 is 9.84 Å². The van der Waals surface area contributed by atoms with E-state index in [1.54, 1.807) is 0 Å². The van der Waals surface area contributed by atoms with Crippen LogP contribution in [0, 0.1) is 6.92 Å². The van der Waals surface area contributed by atoms with Crippen LogP contribution < -0.4 is 10.6 Å². The summed E-state index contributed by atoms with van der Waals surface area (Å²) in [4.78, 5) is 12.2. The molecule has 2 N–H and O–H groups in total. The molecule has 1 heterocycles. The first-order chi connectivity index (χ1) is 11.3. The van der Waals surface area contributed by atoms with Crippen LogP contribution in [0.4, 0.5) is 15.5 Å². The molecule has 0 spiro atoms. The van der Waals surface area contributed by atoms with Gasteiger partial charge in [0.05, 0.1) is 0 Å². The van der Waals surface area contributed by atoms with Gasteiger partial charge in [-0.2, -0.15) is 0 Å². The first-order valence-electron chi connectivity index (χ1n) is 7.51. The zero-order valence-corrected chi connectivity index (χ0v) is 15.1. The van der Waals surface area contributed by atoms with Crippen molar-refractivity contribution in [3.05, 3.63) is 47.0 Å². The molecule has 7 heteroatoms. The standard InChI is InChI=1S/C17H18N2O3S2/c1-11-7-9-12(10-8-11)18-17(20)19-15-13-5-3-4-6-14(13)16(23-15)24(2,21)22/h4,6-10H,3,5H2,1-2H3,(H2,18,19,20). The molecular weight excluding hydrogens is 344 g/mol. The van der Waals surface area contributed by atoms with Gasteiger partial charge in [0.15, 0.2) is 9.84 Å². The monoisotopic (exact) mass is 362 g/mol. The van der Waals surface area contributed by atoms with Crippen molar-refractivity contribution in [3.8, 4) is 0 Å². The maximum Gasteiger partial charge on any atom is 0.324 e. The molecule has 0 atom stereocenters. The van der Waals surface area contributed by atoms with Crippen LogP contribution in [0.15, 0.2) is 34.6 Å². The van der Waals surface area contributed by atoms with Gasteiger partial charge >= 0.3 is 6.03 Å². The highest BCUT2D eigenvalue weighted by atomic mass is 32.2. The summed E-state index contributed by atoms with van der Waals surface area (Å²) in [5, 5.41) is 6.15. The molecule has 126 valence electrons. The number of hydrogen-bond donors (Lipinski definition) is 2. The van der Waals surface area contributed by atoms with Crippen LogP contribution in [0.5, 0.6) is 0 Å². The average molecular weight is 362 g/mol. The number of rotatable bonds is 3. The molecule has 0 saturated carbocycles. The zero-order chi connectivity index (χ0) is 17.3. The summed E-state index contributed by atoms with van der Waals surface area (Å²) >= 11 is 1.11. The molecule has 0 saturated heterocycles. The Bertz CT molecular complexity index is 910. The number of anilines is 2. The molecule has 24 heavy (non-hydrogen) atoms. The fourth-order valence-corrected chi connectivity index (χ4v) is 4.99. The van der Waals surface area contributed by atoms with E-state index in [0.717, 1.165) is 35.3 Å². The van der Waals surface area contributed by atoms with E-state index in [1.807, 2.05) is 43.3 Å². The summed E-state index contributed by atoms with van der Waals surface area (Å²) in [6, 6.07) is 7.09. The third-order valence-corrected chi connectivity index (χ3v) is 6.74. The second-order valence-corrected chi connectivity index (χ2v) is 9.00. The predicted octanol–water partition coefficient (Wildman–Crippen LogP) is 4.06. The van der Waals surface area contributed by atoms with Gasteiger partial charge in [-0.25, -0.2) is 13.2 Å². The smallest absolute Gasteiger partial charge is 0.308 e. The van der Waals surface area contributed by atoms with Gasteiger partial charge in [-0.3, -0.25) is 5.32 Å². The number of carbonyl (C=O) groups excluding carboxylic acids is 1. The van der Waals surface area contributed by atoms with Gasteiger partial charge in [0.1, 0.15) is 9.21 Å². The van der Waals surface area contributed by atoms with E-state index in [4.69, 9.17) is 0 Å². The van der Waals surface area contributed by atoms with Gasteiger partial charge in [-0.1, -0.05) is 29.8 Å². The molecule has 2 aromatic rings. The molecule has 1 aliphatic rings. The second kappa shape index (κ2) is 6.41. The maximum atomic E-state index is 12.2. The quantitative estimate of drug-likeness (QED) is 0.864. The SMILES string of the molecule is Cc1ccc(NC(=O)Nc2sc(S(C)(=O)=O)c3c2CCC=C3)cc1. The molecule has 1 aliphatic carbocycles. The van der Waals surface area contributed by atoms with Crippen molar-refractivity contribution in [3.63, 3.8) is 0 Å². The fourth-order valence-electron chi connectivity index (χ4n) is 2.58. The Hall–Kier alpha value is -2.12.